The molecule has 0 atom stereocenters. The van der Waals surface area contributed by atoms with Crippen LogP contribution in [0.4, 0.5) is 0 Å². The first-order chi connectivity index (χ1) is 8.69. The standard InChI is InChI=1S/C14H20Cl2N2O/c1-14(2,9-18(3)4)8-17-13(19)10-5-11(15)7-12(16)6-10/h5-7H,8-9H2,1-4H3,(H,17,19). The molecule has 0 aromatic heterocycles. The normalized spacial score (nSPS) is 11.7. The van der Waals surface area contributed by atoms with Gasteiger partial charge in [0.2, 0.25) is 0 Å². The van der Waals surface area contributed by atoms with E-state index >= 15 is 0 Å². The maximum Gasteiger partial charge on any atom is 0.251 e. The van der Waals surface area contributed by atoms with E-state index in [0.717, 1.165) is 6.54 Å². The van der Waals surface area contributed by atoms with Gasteiger partial charge in [-0.25, -0.2) is 0 Å². The average molecular weight is 303 g/mol. The van der Waals surface area contributed by atoms with Crippen LogP contribution in [0.5, 0.6) is 0 Å². The fraction of sp³-hybridized carbons (Fsp3) is 0.500. The molecule has 3 nitrogen and oxygen atoms in total. The maximum absolute atomic E-state index is 12.0. The third-order valence-corrected chi connectivity index (χ3v) is 3.03. The van der Waals surface area contributed by atoms with E-state index in [1.807, 2.05) is 14.1 Å². The Morgan fingerprint density at radius 2 is 1.74 bits per heavy atom. The van der Waals surface area contributed by atoms with Gasteiger partial charge in [0.15, 0.2) is 0 Å². The minimum atomic E-state index is -0.156. The summed E-state index contributed by atoms with van der Waals surface area (Å²) in [5.74, 6) is -0.156. The lowest BCUT2D eigenvalue weighted by Gasteiger charge is -2.28. The quantitative estimate of drug-likeness (QED) is 0.905. The molecule has 0 unspecified atom stereocenters. The molecule has 0 bridgehead atoms. The van der Waals surface area contributed by atoms with E-state index < -0.39 is 0 Å². The van der Waals surface area contributed by atoms with E-state index in [0.29, 0.717) is 22.2 Å². The fourth-order valence-corrected chi connectivity index (χ4v) is 2.54. The number of nitrogens with zero attached hydrogens (tertiary/aromatic N) is 1. The molecule has 0 heterocycles. The number of hydrogen-bond acceptors (Lipinski definition) is 2. The molecular weight excluding hydrogens is 283 g/mol. The summed E-state index contributed by atoms with van der Waals surface area (Å²) in [6.45, 7) is 5.70. The Labute approximate surface area is 124 Å². The van der Waals surface area contributed by atoms with Crippen molar-refractivity contribution in [1.29, 1.82) is 0 Å². The van der Waals surface area contributed by atoms with Gasteiger partial charge >= 0.3 is 0 Å². The molecule has 5 heteroatoms. The molecule has 0 aliphatic rings. The lowest BCUT2D eigenvalue weighted by Crippen LogP contribution is -2.39. The Kier molecular flexibility index (Phi) is 5.65. The third kappa shape index (κ3) is 5.81. The molecule has 1 aromatic carbocycles. The van der Waals surface area contributed by atoms with Crippen LogP contribution in [0.25, 0.3) is 0 Å². The summed E-state index contributed by atoms with van der Waals surface area (Å²) in [5.41, 5.74) is 0.486. The van der Waals surface area contributed by atoms with Crippen LogP contribution in [0.2, 0.25) is 10.0 Å². The number of nitrogens with one attached hydrogen (secondary N) is 1. The van der Waals surface area contributed by atoms with Crippen molar-refractivity contribution in [2.75, 3.05) is 27.2 Å². The molecule has 19 heavy (non-hydrogen) atoms. The second-order valence-electron chi connectivity index (χ2n) is 5.74. The van der Waals surface area contributed by atoms with Crippen LogP contribution in [0.1, 0.15) is 24.2 Å². The zero-order valence-electron chi connectivity index (χ0n) is 11.8. The second kappa shape index (κ2) is 6.60. The molecule has 0 aliphatic heterocycles. The Bertz CT molecular complexity index is 439. The third-order valence-electron chi connectivity index (χ3n) is 2.60. The lowest BCUT2D eigenvalue weighted by atomic mass is 9.93. The maximum atomic E-state index is 12.0. The Hall–Kier alpha value is -0.770. The van der Waals surface area contributed by atoms with Crippen LogP contribution in [0, 0.1) is 5.41 Å². The molecule has 0 fully saturated rings. The molecule has 1 amide bonds. The van der Waals surface area contributed by atoms with E-state index in [9.17, 15) is 4.79 Å². The highest BCUT2D eigenvalue weighted by Crippen LogP contribution is 2.19. The van der Waals surface area contributed by atoms with Gasteiger partial charge in [0.1, 0.15) is 0 Å². The Balaban J connectivity index is 2.65. The summed E-state index contributed by atoms with van der Waals surface area (Å²) in [6, 6.07) is 4.83. The van der Waals surface area contributed by atoms with E-state index in [4.69, 9.17) is 23.2 Å². The van der Waals surface area contributed by atoms with Crippen molar-refractivity contribution in [3.05, 3.63) is 33.8 Å². The van der Waals surface area contributed by atoms with Crippen LogP contribution in [0.15, 0.2) is 18.2 Å². The fourth-order valence-electron chi connectivity index (χ4n) is 2.02. The van der Waals surface area contributed by atoms with E-state index in [1.165, 1.54) is 0 Å². The number of hydrogen-bond donors (Lipinski definition) is 1. The van der Waals surface area contributed by atoms with Crippen molar-refractivity contribution >= 4 is 29.1 Å². The van der Waals surface area contributed by atoms with Crippen molar-refractivity contribution in [3.63, 3.8) is 0 Å². The number of amides is 1. The highest BCUT2D eigenvalue weighted by atomic mass is 35.5. The number of carbonyl (C=O) groups excluding carboxylic acids is 1. The highest BCUT2D eigenvalue weighted by Gasteiger charge is 2.20. The summed E-state index contributed by atoms with van der Waals surface area (Å²) < 4.78 is 0. The van der Waals surface area contributed by atoms with Crippen molar-refractivity contribution in [2.24, 2.45) is 5.41 Å². The molecule has 0 saturated heterocycles. The number of rotatable bonds is 5. The molecular formula is C14H20Cl2N2O. The highest BCUT2D eigenvalue weighted by molar-refractivity contribution is 6.35. The van der Waals surface area contributed by atoms with Gasteiger partial charge in [0.25, 0.3) is 5.91 Å². The lowest BCUT2D eigenvalue weighted by molar-refractivity contribution is 0.0929. The van der Waals surface area contributed by atoms with Crippen LogP contribution in [0.3, 0.4) is 0 Å². The van der Waals surface area contributed by atoms with Crippen LogP contribution in [-0.4, -0.2) is 38.0 Å². The molecule has 0 saturated carbocycles. The molecule has 0 aliphatic carbocycles. The topological polar surface area (TPSA) is 32.3 Å². The first-order valence-electron chi connectivity index (χ1n) is 6.09. The molecule has 106 valence electrons. The van der Waals surface area contributed by atoms with Gasteiger partial charge < -0.3 is 10.2 Å². The number of carbonyl (C=O) groups is 1. The average Bonchev–Trinajstić information content (AvgIpc) is 2.22. The SMILES string of the molecule is CN(C)CC(C)(C)CNC(=O)c1cc(Cl)cc(Cl)c1. The van der Waals surface area contributed by atoms with Gasteiger partial charge in [-0.3, -0.25) is 4.79 Å². The van der Waals surface area contributed by atoms with Gasteiger partial charge in [-0.15, -0.1) is 0 Å². The summed E-state index contributed by atoms with van der Waals surface area (Å²) in [7, 11) is 4.03. The van der Waals surface area contributed by atoms with E-state index in [-0.39, 0.29) is 11.3 Å². The zero-order chi connectivity index (χ0) is 14.6. The van der Waals surface area contributed by atoms with Crippen molar-refractivity contribution in [2.45, 2.75) is 13.8 Å². The molecule has 0 spiro atoms. The molecule has 1 rings (SSSR count). The van der Waals surface area contributed by atoms with Crippen LogP contribution < -0.4 is 5.32 Å². The summed E-state index contributed by atoms with van der Waals surface area (Å²) in [6.07, 6.45) is 0. The number of halogens is 2. The van der Waals surface area contributed by atoms with Gasteiger partial charge in [-0.2, -0.15) is 0 Å². The van der Waals surface area contributed by atoms with Crippen molar-refractivity contribution in [1.82, 2.24) is 10.2 Å². The minimum Gasteiger partial charge on any atom is -0.351 e. The van der Waals surface area contributed by atoms with Crippen LogP contribution in [-0.2, 0) is 0 Å². The number of benzene rings is 1. The molecule has 0 radical (unpaired) electrons. The largest absolute Gasteiger partial charge is 0.351 e. The van der Waals surface area contributed by atoms with Gasteiger partial charge in [-0.05, 0) is 37.7 Å². The monoisotopic (exact) mass is 302 g/mol. The van der Waals surface area contributed by atoms with E-state index in [2.05, 4.69) is 24.1 Å². The van der Waals surface area contributed by atoms with Gasteiger partial charge in [-0.1, -0.05) is 37.0 Å². The minimum absolute atomic E-state index is 0.00152. The van der Waals surface area contributed by atoms with Crippen molar-refractivity contribution in [3.8, 4) is 0 Å². The summed E-state index contributed by atoms with van der Waals surface area (Å²) >= 11 is 11.8. The predicted octanol–water partition coefficient (Wildman–Crippen LogP) is 3.31. The zero-order valence-corrected chi connectivity index (χ0v) is 13.3. The Morgan fingerprint density at radius 1 is 1.21 bits per heavy atom. The summed E-state index contributed by atoms with van der Waals surface area (Å²) in [4.78, 5) is 14.1. The first kappa shape index (κ1) is 16.3. The predicted molar refractivity (Wildman–Crippen MR) is 81.1 cm³/mol. The van der Waals surface area contributed by atoms with E-state index in [1.54, 1.807) is 18.2 Å². The Morgan fingerprint density at radius 3 is 2.21 bits per heavy atom. The van der Waals surface area contributed by atoms with Crippen LogP contribution >= 0.6 is 23.2 Å². The summed E-state index contributed by atoms with van der Waals surface area (Å²) in [5, 5.41) is 3.84. The van der Waals surface area contributed by atoms with Gasteiger partial charge in [0.05, 0.1) is 0 Å². The van der Waals surface area contributed by atoms with Crippen molar-refractivity contribution < 1.29 is 4.79 Å². The molecule has 1 N–H and O–H groups in total. The smallest absolute Gasteiger partial charge is 0.251 e. The molecule has 1 aromatic rings. The second-order valence-corrected chi connectivity index (χ2v) is 6.62. The van der Waals surface area contributed by atoms with Gasteiger partial charge in [0, 0.05) is 28.7 Å². The first-order valence-corrected chi connectivity index (χ1v) is 6.84.